The van der Waals surface area contributed by atoms with Crippen molar-refractivity contribution in [3.05, 3.63) is 36.4 Å². The molecular formula is C14H16N4O2S. The van der Waals surface area contributed by atoms with E-state index < -0.39 is 5.92 Å². The highest BCUT2D eigenvalue weighted by Crippen LogP contribution is 2.18. The first kappa shape index (κ1) is 15.2. The molecule has 2 aromatic heterocycles. The molecule has 110 valence electrons. The lowest BCUT2D eigenvalue weighted by molar-refractivity contribution is -0.124. The molecule has 21 heavy (non-hydrogen) atoms. The lowest BCUT2D eigenvalue weighted by atomic mass is 10.2. The van der Waals surface area contributed by atoms with E-state index in [0.717, 1.165) is 11.4 Å². The van der Waals surface area contributed by atoms with Crippen molar-refractivity contribution in [2.24, 2.45) is 5.92 Å². The van der Waals surface area contributed by atoms with Crippen molar-refractivity contribution < 1.29 is 9.59 Å². The van der Waals surface area contributed by atoms with Gasteiger partial charge >= 0.3 is 0 Å². The summed E-state index contributed by atoms with van der Waals surface area (Å²) in [5.74, 6) is -0.500. The van der Waals surface area contributed by atoms with E-state index in [1.54, 1.807) is 23.3 Å². The van der Waals surface area contributed by atoms with Crippen molar-refractivity contribution in [2.45, 2.75) is 6.92 Å². The molecule has 0 spiro atoms. The van der Waals surface area contributed by atoms with Crippen molar-refractivity contribution in [1.29, 1.82) is 0 Å². The molecule has 2 rings (SSSR count). The number of aromatic nitrogens is 3. The van der Waals surface area contributed by atoms with Crippen LogP contribution in [0.2, 0.25) is 0 Å². The number of aldehydes is 1. The second-order valence-corrected chi connectivity index (χ2v) is 5.36. The predicted molar refractivity (Wildman–Crippen MR) is 82.7 cm³/mol. The predicted octanol–water partition coefficient (Wildman–Crippen LogP) is 1.69. The lowest BCUT2D eigenvalue weighted by Crippen LogP contribution is -2.26. The molecule has 6 nitrogen and oxygen atoms in total. The Balaban J connectivity index is 2.18. The van der Waals surface area contributed by atoms with E-state index in [4.69, 9.17) is 0 Å². The molecular weight excluding hydrogens is 288 g/mol. The van der Waals surface area contributed by atoms with Gasteiger partial charge in [0.25, 0.3) is 0 Å². The molecule has 0 radical (unpaired) electrons. The average Bonchev–Trinajstić information content (AvgIpc) is 2.86. The number of anilines is 1. The molecule has 1 unspecified atom stereocenters. The van der Waals surface area contributed by atoms with Gasteiger partial charge in [0.2, 0.25) is 5.91 Å². The fourth-order valence-corrected chi connectivity index (χ4v) is 2.44. The highest BCUT2D eigenvalue weighted by atomic mass is 32.2. The van der Waals surface area contributed by atoms with E-state index in [0.29, 0.717) is 17.7 Å². The summed E-state index contributed by atoms with van der Waals surface area (Å²) in [5.41, 5.74) is 2.19. The Kier molecular flexibility index (Phi) is 5.10. The van der Waals surface area contributed by atoms with E-state index >= 15 is 0 Å². The third-order valence-electron chi connectivity index (χ3n) is 3.01. The van der Waals surface area contributed by atoms with Crippen LogP contribution < -0.4 is 5.32 Å². The van der Waals surface area contributed by atoms with Crippen LogP contribution in [0.1, 0.15) is 5.69 Å². The highest BCUT2D eigenvalue weighted by molar-refractivity contribution is 7.98. The maximum atomic E-state index is 12.0. The van der Waals surface area contributed by atoms with Crippen molar-refractivity contribution in [3.8, 4) is 5.69 Å². The van der Waals surface area contributed by atoms with Crippen molar-refractivity contribution in [2.75, 3.05) is 17.3 Å². The van der Waals surface area contributed by atoms with Gasteiger partial charge < -0.3 is 10.1 Å². The summed E-state index contributed by atoms with van der Waals surface area (Å²) in [6.07, 6.45) is 7.47. The van der Waals surface area contributed by atoms with E-state index in [1.165, 1.54) is 11.8 Å². The monoisotopic (exact) mass is 304 g/mol. The lowest BCUT2D eigenvalue weighted by Gasteiger charge is -2.10. The molecule has 1 atom stereocenters. The maximum Gasteiger partial charge on any atom is 0.235 e. The number of thioether (sulfide) groups is 1. The van der Waals surface area contributed by atoms with Gasteiger partial charge in [0.1, 0.15) is 12.2 Å². The Labute approximate surface area is 127 Å². The summed E-state index contributed by atoms with van der Waals surface area (Å²) < 4.78 is 1.69. The average molecular weight is 304 g/mol. The van der Waals surface area contributed by atoms with Crippen LogP contribution in [0.4, 0.5) is 5.69 Å². The summed E-state index contributed by atoms with van der Waals surface area (Å²) in [5, 5.41) is 6.99. The fraction of sp³-hybridized carbons (Fsp3) is 0.286. The van der Waals surface area contributed by atoms with Gasteiger partial charge in [-0.3, -0.25) is 9.78 Å². The minimum absolute atomic E-state index is 0.312. The van der Waals surface area contributed by atoms with Crippen LogP contribution in [0.15, 0.2) is 30.7 Å². The molecule has 0 aliphatic carbocycles. The molecule has 7 heteroatoms. The summed E-state index contributed by atoms with van der Waals surface area (Å²) in [4.78, 5) is 27.0. The molecule has 1 N–H and O–H groups in total. The summed E-state index contributed by atoms with van der Waals surface area (Å²) in [6, 6.07) is 3.69. The van der Waals surface area contributed by atoms with Gasteiger partial charge in [-0.1, -0.05) is 0 Å². The van der Waals surface area contributed by atoms with E-state index in [9.17, 15) is 9.59 Å². The first-order valence-electron chi connectivity index (χ1n) is 6.37. The quantitative estimate of drug-likeness (QED) is 0.649. The molecule has 2 aromatic rings. The SMILES string of the molecule is CSCC(C=O)C(=O)Nc1cnn(-c2cccnc2)c1C. The molecule has 0 aliphatic rings. The zero-order valence-corrected chi connectivity index (χ0v) is 12.6. The van der Waals surface area contributed by atoms with Crippen molar-refractivity contribution in [3.63, 3.8) is 0 Å². The van der Waals surface area contributed by atoms with Crippen LogP contribution >= 0.6 is 11.8 Å². The molecule has 0 saturated carbocycles. The number of nitrogens with zero attached hydrogens (tertiary/aromatic N) is 3. The Morgan fingerprint density at radius 3 is 2.95 bits per heavy atom. The molecule has 0 aliphatic heterocycles. The minimum atomic E-state index is -0.652. The number of nitrogens with one attached hydrogen (secondary N) is 1. The largest absolute Gasteiger partial charge is 0.323 e. The number of amides is 1. The van der Waals surface area contributed by atoms with Crippen molar-refractivity contribution in [1.82, 2.24) is 14.8 Å². The van der Waals surface area contributed by atoms with Crippen LogP contribution in [0.3, 0.4) is 0 Å². The standard InChI is InChI=1S/C14H16N4O2S/c1-10-13(17-14(20)11(8-19)9-21-2)7-16-18(10)12-4-3-5-15-6-12/h3-8,11H,9H2,1-2H3,(H,17,20). The van der Waals surface area contributed by atoms with E-state index in [2.05, 4.69) is 15.4 Å². The first-order chi connectivity index (χ1) is 10.2. The number of rotatable bonds is 6. The zero-order valence-electron chi connectivity index (χ0n) is 11.8. The third kappa shape index (κ3) is 3.49. The molecule has 2 heterocycles. The summed E-state index contributed by atoms with van der Waals surface area (Å²) in [7, 11) is 0. The molecule has 1 amide bonds. The number of hydrogen-bond acceptors (Lipinski definition) is 5. The molecule has 0 saturated heterocycles. The van der Waals surface area contributed by atoms with Crippen LogP contribution in [0.5, 0.6) is 0 Å². The van der Waals surface area contributed by atoms with Gasteiger partial charge in [-0.2, -0.15) is 16.9 Å². The van der Waals surface area contributed by atoms with Crippen LogP contribution in [0.25, 0.3) is 5.69 Å². The molecule has 0 aromatic carbocycles. The topological polar surface area (TPSA) is 76.9 Å². The van der Waals surface area contributed by atoms with Gasteiger partial charge in [0, 0.05) is 11.9 Å². The third-order valence-corrected chi connectivity index (χ3v) is 3.70. The number of carbonyl (C=O) groups excluding carboxylic acids is 2. The Hall–Kier alpha value is -2.15. The van der Waals surface area contributed by atoms with E-state index in [-0.39, 0.29) is 5.91 Å². The normalized spacial score (nSPS) is 11.9. The smallest absolute Gasteiger partial charge is 0.235 e. The van der Waals surface area contributed by atoms with Crippen LogP contribution in [0, 0.1) is 12.8 Å². The Bertz CT molecular complexity index is 627. The summed E-state index contributed by atoms with van der Waals surface area (Å²) >= 11 is 1.46. The van der Waals surface area contributed by atoms with Gasteiger partial charge in [0.15, 0.2) is 0 Å². The van der Waals surface area contributed by atoms with Crippen LogP contribution in [-0.4, -0.2) is 39.0 Å². The molecule has 0 fully saturated rings. The van der Waals surface area contributed by atoms with Crippen LogP contribution in [-0.2, 0) is 9.59 Å². The zero-order chi connectivity index (χ0) is 15.2. The fourth-order valence-electron chi connectivity index (χ4n) is 1.85. The number of hydrogen-bond donors (Lipinski definition) is 1. The van der Waals surface area contributed by atoms with Gasteiger partial charge in [-0.15, -0.1) is 0 Å². The maximum absolute atomic E-state index is 12.0. The summed E-state index contributed by atoms with van der Waals surface area (Å²) in [6.45, 7) is 1.85. The van der Waals surface area contributed by atoms with E-state index in [1.807, 2.05) is 25.3 Å². The van der Waals surface area contributed by atoms with Crippen molar-refractivity contribution >= 4 is 29.6 Å². The Morgan fingerprint density at radius 2 is 2.33 bits per heavy atom. The second kappa shape index (κ2) is 7.03. The Morgan fingerprint density at radius 1 is 1.52 bits per heavy atom. The van der Waals surface area contributed by atoms with Gasteiger partial charge in [-0.05, 0) is 25.3 Å². The highest BCUT2D eigenvalue weighted by Gasteiger charge is 2.19. The first-order valence-corrected chi connectivity index (χ1v) is 7.77. The molecule has 0 bridgehead atoms. The second-order valence-electron chi connectivity index (χ2n) is 4.45. The van der Waals surface area contributed by atoms with Gasteiger partial charge in [0.05, 0.1) is 29.5 Å². The van der Waals surface area contributed by atoms with Gasteiger partial charge in [-0.25, -0.2) is 4.68 Å². The minimum Gasteiger partial charge on any atom is -0.323 e. The number of carbonyl (C=O) groups is 2. The number of pyridine rings is 1.